The molecule has 3 aromatic rings. The number of benzene rings is 2. The summed E-state index contributed by atoms with van der Waals surface area (Å²) in [5.74, 6) is 0.985. The Labute approximate surface area is 148 Å². The Kier molecular flexibility index (Phi) is 4.68. The van der Waals surface area contributed by atoms with E-state index in [0.29, 0.717) is 23.8 Å². The first kappa shape index (κ1) is 16.7. The van der Waals surface area contributed by atoms with Crippen LogP contribution in [0, 0.1) is 0 Å². The first-order valence-corrected chi connectivity index (χ1v) is 9.73. The van der Waals surface area contributed by atoms with Crippen molar-refractivity contribution in [3.63, 3.8) is 0 Å². The Morgan fingerprint density at radius 2 is 1.75 bits per heavy atom. The highest BCUT2D eigenvalue weighted by Gasteiger charge is 2.10. The van der Waals surface area contributed by atoms with Crippen LogP contribution in [-0.2, 0) is 16.4 Å². The average Bonchev–Trinajstić information content (AvgIpc) is 2.97. The second kappa shape index (κ2) is 6.74. The second-order valence-electron chi connectivity index (χ2n) is 5.27. The Balaban J connectivity index is 1.74. The first-order chi connectivity index (χ1) is 11.4. The minimum Gasteiger partial charge on any atom is -0.334 e. The zero-order valence-corrected chi connectivity index (χ0v) is 15.1. The molecule has 0 unspecified atom stereocenters. The van der Waals surface area contributed by atoms with Crippen LogP contribution in [0.4, 0.5) is 5.69 Å². The van der Waals surface area contributed by atoms with Gasteiger partial charge in [0.2, 0.25) is 10.0 Å². The maximum absolute atomic E-state index is 11.2. The molecular formula is C16H14BrN3O3S. The van der Waals surface area contributed by atoms with Crippen molar-refractivity contribution < 1.29 is 12.9 Å². The summed E-state index contributed by atoms with van der Waals surface area (Å²) in [7, 11) is -3.29. The van der Waals surface area contributed by atoms with Gasteiger partial charge in [0.1, 0.15) is 0 Å². The van der Waals surface area contributed by atoms with Crippen molar-refractivity contribution in [1.82, 2.24) is 10.1 Å². The van der Waals surface area contributed by atoms with Crippen molar-refractivity contribution in [2.24, 2.45) is 0 Å². The van der Waals surface area contributed by atoms with Crippen LogP contribution in [0.25, 0.3) is 11.5 Å². The third-order valence-electron chi connectivity index (χ3n) is 3.18. The lowest BCUT2D eigenvalue weighted by Gasteiger charge is -2.03. The van der Waals surface area contributed by atoms with Crippen molar-refractivity contribution in [3.05, 3.63) is 64.4 Å². The summed E-state index contributed by atoms with van der Waals surface area (Å²) in [6, 6.07) is 14.7. The van der Waals surface area contributed by atoms with Crippen LogP contribution in [0.1, 0.15) is 11.4 Å². The first-order valence-electron chi connectivity index (χ1n) is 7.04. The Morgan fingerprint density at radius 1 is 1.08 bits per heavy atom. The fourth-order valence-electron chi connectivity index (χ4n) is 2.12. The van der Waals surface area contributed by atoms with Gasteiger partial charge in [0.15, 0.2) is 5.82 Å². The fraction of sp³-hybridized carbons (Fsp3) is 0.125. The highest BCUT2D eigenvalue weighted by molar-refractivity contribution is 9.10. The van der Waals surface area contributed by atoms with Crippen molar-refractivity contribution in [1.29, 1.82) is 0 Å². The summed E-state index contributed by atoms with van der Waals surface area (Å²) in [5, 5.41) is 3.98. The van der Waals surface area contributed by atoms with Gasteiger partial charge in [0.25, 0.3) is 5.89 Å². The van der Waals surface area contributed by atoms with Gasteiger partial charge in [-0.2, -0.15) is 4.98 Å². The number of nitrogens with one attached hydrogen (secondary N) is 1. The maximum atomic E-state index is 11.2. The van der Waals surface area contributed by atoms with Gasteiger partial charge in [-0.25, -0.2) is 8.42 Å². The molecule has 1 N–H and O–H groups in total. The van der Waals surface area contributed by atoms with Gasteiger partial charge in [-0.05, 0) is 42.0 Å². The highest BCUT2D eigenvalue weighted by Crippen LogP contribution is 2.21. The van der Waals surface area contributed by atoms with Gasteiger partial charge in [-0.1, -0.05) is 33.2 Å². The number of aromatic nitrogens is 2. The van der Waals surface area contributed by atoms with E-state index in [4.69, 9.17) is 4.52 Å². The molecule has 0 amide bonds. The lowest BCUT2D eigenvalue weighted by atomic mass is 10.1. The zero-order chi connectivity index (χ0) is 17.2. The quantitative estimate of drug-likeness (QED) is 0.699. The van der Waals surface area contributed by atoms with Gasteiger partial charge >= 0.3 is 0 Å². The monoisotopic (exact) mass is 407 g/mol. The molecular weight excluding hydrogens is 394 g/mol. The maximum Gasteiger partial charge on any atom is 0.257 e. The van der Waals surface area contributed by atoms with Crippen molar-refractivity contribution in [3.8, 4) is 11.5 Å². The van der Waals surface area contributed by atoms with Crippen molar-refractivity contribution in [2.75, 3.05) is 11.0 Å². The zero-order valence-electron chi connectivity index (χ0n) is 12.7. The highest BCUT2D eigenvalue weighted by atomic mass is 79.9. The molecule has 8 heteroatoms. The second-order valence-corrected chi connectivity index (χ2v) is 7.93. The predicted molar refractivity (Wildman–Crippen MR) is 95.1 cm³/mol. The van der Waals surface area contributed by atoms with Crippen LogP contribution >= 0.6 is 15.9 Å². The standard InChI is InChI=1S/C16H14BrN3O3S/c1-24(21,22)20-14-8-4-12(5-9-14)16-18-15(19-23-16)10-11-2-6-13(17)7-3-11/h2-9,20H,10H2,1H3. The molecule has 1 aromatic heterocycles. The van der Waals surface area contributed by atoms with Gasteiger partial charge in [0, 0.05) is 22.1 Å². The van der Waals surface area contributed by atoms with Crippen molar-refractivity contribution in [2.45, 2.75) is 6.42 Å². The van der Waals surface area contributed by atoms with Crippen LogP contribution in [0.2, 0.25) is 0 Å². The molecule has 0 aliphatic carbocycles. The average molecular weight is 408 g/mol. The van der Waals surface area contributed by atoms with Crippen LogP contribution in [0.15, 0.2) is 57.5 Å². The molecule has 0 saturated carbocycles. The summed E-state index contributed by atoms with van der Waals surface area (Å²) < 4.78 is 31.1. The summed E-state index contributed by atoms with van der Waals surface area (Å²) in [6.45, 7) is 0. The van der Waals surface area contributed by atoms with E-state index in [0.717, 1.165) is 21.9 Å². The summed E-state index contributed by atoms with van der Waals surface area (Å²) in [6.07, 6.45) is 1.68. The van der Waals surface area contributed by atoms with Crippen molar-refractivity contribution >= 4 is 31.6 Å². The number of halogens is 1. The van der Waals surface area contributed by atoms with E-state index in [2.05, 4.69) is 30.8 Å². The number of anilines is 1. The molecule has 0 atom stereocenters. The number of hydrogen-bond donors (Lipinski definition) is 1. The molecule has 0 bridgehead atoms. The minimum atomic E-state index is -3.29. The summed E-state index contributed by atoms with van der Waals surface area (Å²) >= 11 is 3.40. The number of nitrogens with zero attached hydrogens (tertiary/aromatic N) is 2. The molecule has 2 aromatic carbocycles. The van der Waals surface area contributed by atoms with Crippen LogP contribution < -0.4 is 4.72 Å². The van der Waals surface area contributed by atoms with Crippen LogP contribution in [-0.4, -0.2) is 24.8 Å². The molecule has 0 fully saturated rings. The van der Waals surface area contributed by atoms with E-state index in [-0.39, 0.29) is 0 Å². The van der Waals surface area contributed by atoms with Gasteiger partial charge in [-0.15, -0.1) is 0 Å². The topological polar surface area (TPSA) is 85.1 Å². The van der Waals surface area contributed by atoms with Gasteiger partial charge < -0.3 is 4.52 Å². The molecule has 6 nitrogen and oxygen atoms in total. The van der Waals surface area contributed by atoms with Crippen LogP contribution in [0.3, 0.4) is 0 Å². The smallest absolute Gasteiger partial charge is 0.257 e. The lowest BCUT2D eigenvalue weighted by molar-refractivity contribution is 0.424. The molecule has 0 saturated heterocycles. The van der Waals surface area contributed by atoms with E-state index in [1.54, 1.807) is 24.3 Å². The third-order valence-corrected chi connectivity index (χ3v) is 4.31. The molecule has 1 heterocycles. The number of hydrogen-bond acceptors (Lipinski definition) is 5. The molecule has 0 spiro atoms. The molecule has 124 valence electrons. The molecule has 24 heavy (non-hydrogen) atoms. The van der Waals surface area contributed by atoms with E-state index < -0.39 is 10.0 Å². The van der Waals surface area contributed by atoms with E-state index in [9.17, 15) is 8.42 Å². The summed E-state index contributed by atoms with van der Waals surface area (Å²) in [4.78, 5) is 4.37. The van der Waals surface area contributed by atoms with Gasteiger partial charge in [0.05, 0.1) is 6.26 Å². The Bertz CT molecular complexity index is 935. The van der Waals surface area contributed by atoms with Gasteiger partial charge in [-0.3, -0.25) is 4.72 Å². The van der Waals surface area contributed by atoms with E-state index in [1.807, 2.05) is 24.3 Å². The number of sulfonamides is 1. The predicted octanol–water partition coefficient (Wildman–Crippen LogP) is 3.46. The summed E-state index contributed by atoms with van der Waals surface area (Å²) in [5.41, 5.74) is 2.29. The minimum absolute atomic E-state index is 0.396. The van der Waals surface area contributed by atoms with E-state index in [1.165, 1.54) is 0 Å². The Hall–Kier alpha value is -2.19. The van der Waals surface area contributed by atoms with Crippen LogP contribution in [0.5, 0.6) is 0 Å². The molecule has 3 rings (SSSR count). The Morgan fingerprint density at radius 3 is 2.38 bits per heavy atom. The third kappa shape index (κ3) is 4.42. The molecule has 0 aliphatic heterocycles. The largest absolute Gasteiger partial charge is 0.334 e. The molecule has 0 aliphatic rings. The lowest BCUT2D eigenvalue weighted by Crippen LogP contribution is -2.09. The van der Waals surface area contributed by atoms with E-state index >= 15 is 0 Å². The number of rotatable bonds is 5. The SMILES string of the molecule is CS(=O)(=O)Nc1ccc(-c2nc(Cc3ccc(Br)cc3)no2)cc1. The normalized spacial score (nSPS) is 11.4. The fourth-order valence-corrected chi connectivity index (χ4v) is 2.95. The molecule has 0 radical (unpaired) electrons.